The number of nitrogens with zero attached hydrogens (tertiary/aromatic N) is 1. The molecular weight excluding hydrogens is 390 g/mol. The topological polar surface area (TPSA) is 56.3 Å². The Hall–Kier alpha value is -2.18. The SMILES string of the molecule is O=S(=O)(CC1=COC=CC1=C(Br)c1cccnc1)c1ccccc1. The molecule has 0 saturated heterocycles. The zero-order valence-electron chi connectivity index (χ0n) is 12.6. The molecule has 1 aromatic heterocycles. The van der Waals surface area contributed by atoms with Crippen LogP contribution in [0, 0.1) is 0 Å². The zero-order valence-corrected chi connectivity index (χ0v) is 15.0. The first kappa shape index (κ1) is 16.7. The number of pyridine rings is 1. The molecule has 122 valence electrons. The smallest absolute Gasteiger partial charge is 0.182 e. The molecule has 0 amide bonds. The Labute approximate surface area is 149 Å². The third-order valence-electron chi connectivity index (χ3n) is 3.47. The molecule has 2 heterocycles. The van der Waals surface area contributed by atoms with E-state index in [4.69, 9.17) is 4.74 Å². The summed E-state index contributed by atoms with van der Waals surface area (Å²) in [6.07, 6.45) is 8.13. The second-order valence-electron chi connectivity index (χ2n) is 5.12. The van der Waals surface area contributed by atoms with Gasteiger partial charge in [0, 0.05) is 28.0 Å². The number of halogens is 1. The lowest BCUT2D eigenvalue weighted by molar-refractivity contribution is 0.394. The van der Waals surface area contributed by atoms with Gasteiger partial charge < -0.3 is 4.74 Å². The Bertz CT molecular complexity index is 917. The third-order valence-corrected chi connectivity index (χ3v) is 6.04. The molecular formula is C18H14BrNO3S. The van der Waals surface area contributed by atoms with Crippen molar-refractivity contribution in [1.82, 2.24) is 4.98 Å². The highest BCUT2D eigenvalue weighted by atomic mass is 79.9. The van der Waals surface area contributed by atoms with Crippen LogP contribution in [0.5, 0.6) is 0 Å². The maximum Gasteiger partial charge on any atom is 0.182 e. The van der Waals surface area contributed by atoms with Crippen LogP contribution in [0.3, 0.4) is 0 Å². The Morgan fingerprint density at radius 1 is 1.12 bits per heavy atom. The summed E-state index contributed by atoms with van der Waals surface area (Å²) in [4.78, 5) is 4.38. The minimum atomic E-state index is -3.46. The van der Waals surface area contributed by atoms with E-state index in [9.17, 15) is 8.42 Å². The van der Waals surface area contributed by atoms with E-state index < -0.39 is 9.84 Å². The molecule has 0 aliphatic carbocycles. The lowest BCUT2D eigenvalue weighted by Gasteiger charge is -2.15. The Kier molecular flexibility index (Phi) is 4.97. The Balaban J connectivity index is 1.97. The number of hydrogen-bond acceptors (Lipinski definition) is 4. The lowest BCUT2D eigenvalue weighted by atomic mass is 10.1. The second kappa shape index (κ2) is 7.15. The van der Waals surface area contributed by atoms with Gasteiger partial charge in [-0.1, -0.05) is 24.3 Å². The van der Waals surface area contributed by atoms with Crippen molar-refractivity contribution < 1.29 is 13.2 Å². The predicted octanol–water partition coefficient (Wildman–Crippen LogP) is 4.09. The average molecular weight is 404 g/mol. The third kappa shape index (κ3) is 3.66. The largest absolute Gasteiger partial charge is 0.472 e. The molecule has 0 radical (unpaired) electrons. The van der Waals surface area contributed by atoms with Gasteiger partial charge in [-0.3, -0.25) is 4.98 Å². The van der Waals surface area contributed by atoms with Crippen LogP contribution in [0.25, 0.3) is 4.48 Å². The van der Waals surface area contributed by atoms with E-state index in [2.05, 4.69) is 20.9 Å². The minimum Gasteiger partial charge on any atom is -0.472 e. The fraction of sp³-hybridized carbons (Fsp3) is 0.0556. The first-order chi connectivity index (χ1) is 11.6. The van der Waals surface area contributed by atoms with Gasteiger partial charge in [-0.05, 0) is 45.8 Å². The van der Waals surface area contributed by atoms with Gasteiger partial charge in [0.2, 0.25) is 0 Å². The molecule has 1 aliphatic heterocycles. The molecule has 0 spiro atoms. The molecule has 0 unspecified atom stereocenters. The zero-order chi connectivity index (χ0) is 17.0. The van der Waals surface area contributed by atoms with Crippen molar-refractivity contribution >= 4 is 30.2 Å². The summed E-state index contributed by atoms with van der Waals surface area (Å²) in [7, 11) is -3.46. The predicted molar refractivity (Wildman–Crippen MR) is 96.9 cm³/mol. The van der Waals surface area contributed by atoms with Crippen molar-refractivity contribution in [3.63, 3.8) is 0 Å². The van der Waals surface area contributed by atoms with Crippen LogP contribution in [0.1, 0.15) is 5.56 Å². The molecule has 0 bridgehead atoms. The van der Waals surface area contributed by atoms with Crippen molar-refractivity contribution in [2.45, 2.75) is 4.90 Å². The van der Waals surface area contributed by atoms with Gasteiger partial charge in [0.15, 0.2) is 9.84 Å². The van der Waals surface area contributed by atoms with Crippen LogP contribution in [-0.4, -0.2) is 19.2 Å². The molecule has 1 aromatic carbocycles. The number of aromatic nitrogens is 1. The number of benzene rings is 1. The summed E-state index contributed by atoms with van der Waals surface area (Å²) in [6, 6.07) is 12.1. The van der Waals surface area contributed by atoms with E-state index in [1.54, 1.807) is 48.8 Å². The molecule has 0 N–H and O–H groups in total. The van der Waals surface area contributed by atoms with Crippen LogP contribution < -0.4 is 0 Å². The highest BCUT2D eigenvalue weighted by molar-refractivity contribution is 9.15. The monoisotopic (exact) mass is 403 g/mol. The molecule has 0 fully saturated rings. The summed E-state index contributed by atoms with van der Waals surface area (Å²) in [5.41, 5.74) is 2.20. The van der Waals surface area contributed by atoms with E-state index in [0.717, 1.165) is 15.6 Å². The number of hydrogen-bond donors (Lipinski definition) is 0. The molecule has 1 aliphatic rings. The van der Waals surface area contributed by atoms with Crippen molar-refractivity contribution in [3.8, 4) is 0 Å². The summed E-state index contributed by atoms with van der Waals surface area (Å²) in [5.74, 6) is -0.147. The fourth-order valence-corrected chi connectivity index (χ4v) is 4.28. The summed E-state index contributed by atoms with van der Waals surface area (Å²) >= 11 is 3.55. The van der Waals surface area contributed by atoms with Gasteiger partial charge in [-0.25, -0.2) is 8.42 Å². The van der Waals surface area contributed by atoms with Gasteiger partial charge in [-0.15, -0.1) is 0 Å². The van der Waals surface area contributed by atoms with Gasteiger partial charge in [-0.2, -0.15) is 0 Å². The number of rotatable bonds is 4. The number of ether oxygens (including phenoxy) is 1. The van der Waals surface area contributed by atoms with E-state index in [1.807, 2.05) is 12.1 Å². The van der Waals surface area contributed by atoms with Gasteiger partial charge in [0.1, 0.15) is 0 Å². The van der Waals surface area contributed by atoms with Crippen LogP contribution in [0.4, 0.5) is 0 Å². The highest BCUT2D eigenvalue weighted by Gasteiger charge is 2.21. The molecule has 3 rings (SSSR count). The van der Waals surface area contributed by atoms with Crippen molar-refractivity contribution in [2.75, 3.05) is 5.75 Å². The standard InChI is InChI=1S/C18H14BrNO3S/c19-18(14-5-4-9-20-11-14)17-8-10-23-12-15(17)13-24(21,22)16-6-2-1-3-7-16/h1-12H,13H2. The van der Waals surface area contributed by atoms with E-state index >= 15 is 0 Å². The highest BCUT2D eigenvalue weighted by Crippen LogP contribution is 2.32. The van der Waals surface area contributed by atoms with Gasteiger partial charge >= 0.3 is 0 Å². The van der Waals surface area contributed by atoms with E-state index in [-0.39, 0.29) is 10.6 Å². The summed E-state index contributed by atoms with van der Waals surface area (Å²) in [5, 5.41) is 0. The fourth-order valence-electron chi connectivity index (χ4n) is 2.29. The van der Waals surface area contributed by atoms with Gasteiger partial charge in [0.25, 0.3) is 0 Å². The van der Waals surface area contributed by atoms with Crippen LogP contribution in [-0.2, 0) is 14.6 Å². The molecule has 0 atom stereocenters. The molecule has 4 nitrogen and oxygen atoms in total. The lowest BCUT2D eigenvalue weighted by Crippen LogP contribution is -2.12. The first-order valence-corrected chi connectivity index (χ1v) is 9.62. The van der Waals surface area contributed by atoms with Crippen LogP contribution in [0.2, 0.25) is 0 Å². The van der Waals surface area contributed by atoms with Gasteiger partial charge in [0.05, 0.1) is 23.2 Å². The maximum absolute atomic E-state index is 12.6. The summed E-state index contributed by atoms with van der Waals surface area (Å²) in [6.45, 7) is 0. The summed E-state index contributed by atoms with van der Waals surface area (Å²) < 4.78 is 31.2. The molecule has 0 saturated carbocycles. The van der Waals surface area contributed by atoms with E-state index in [0.29, 0.717) is 5.57 Å². The van der Waals surface area contributed by atoms with Crippen LogP contribution in [0.15, 0.2) is 89.5 Å². The van der Waals surface area contributed by atoms with Crippen molar-refractivity contribution in [1.29, 1.82) is 0 Å². The van der Waals surface area contributed by atoms with Crippen LogP contribution >= 0.6 is 15.9 Å². The van der Waals surface area contributed by atoms with Crippen molar-refractivity contribution in [2.24, 2.45) is 0 Å². The second-order valence-corrected chi connectivity index (χ2v) is 7.91. The molecule has 24 heavy (non-hydrogen) atoms. The Morgan fingerprint density at radius 2 is 1.92 bits per heavy atom. The van der Waals surface area contributed by atoms with Crippen molar-refractivity contribution in [3.05, 3.63) is 90.2 Å². The average Bonchev–Trinajstić information content (AvgIpc) is 2.63. The quantitative estimate of drug-likeness (QED) is 0.771. The Morgan fingerprint density at radius 3 is 2.62 bits per heavy atom. The normalized spacial score (nSPS) is 16.3. The number of sulfone groups is 1. The maximum atomic E-state index is 12.6. The molecule has 6 heteroatoms. The van der Waals surface area contributed by atoms with E-state index in [1.165, 1.54) is 12.5 Å². The molecule has 2 aromatic rings. The minimum absolute atomic E-state index is 0.147. The first-order valence-electron chi connectivity index (χ1n) is 7.17. The number of allylic oxidation sites excluding steroid dienone is 2.